The van der Waals surface area contributed by atoms with Gasteiger partial charge in [-0.2, -0.15) is 0 Å². The van der Waals surface area contributed by atoms with Gasteiger partial charge in [0.1, 0.15) is 5.75 Å². The molecule has 1 aliphatic carbocycles. The van der Waals surface area contributed by atoms with E-state index in [-0.39, 0.29) is 28.9 Å². The summed E-state index contributed by atoms with van der Waals surface area (Å²) >= 11 is 0. The molecule has 1 aliphatic rings. The average Bonchev–Trinajstić information content (AvgIpc) is 2.82. The highest BCUT2D eigenvalue weighted by Gasteiger charge is 2.60. The van der Waals surface area contributed by atoms with E-state index in [1.807, 2.05) is 13.8 Å². The van der Waals surface area contributed by atoms with E-state index < -0.39 is 0 Å². The molecule has 3 heteroatoms. The van der Waals surface area contributed by atoms with E-state index in [9.17, 15) is 9.90 Å². The third-order valence-corrected chi connectivity index (χ3v) is 3.87. The quantitative estimate of drug-likeness (QED) is 0.644. The molecule has 0 spiro atoms. The second-order valence-electron chi connectivity index (χ2n) is 6.08. The van der Waals surface area contributed by atoms with Crippen LogP contribution in [0, 0.1) is 17.3 Å². The first-order valence-corrected chi connectivity index (χ1v) is 6.58. The summed E-state index contributed by atoms with van der Waals surface area (Å²) in [5.41, 5.74) is 1.70. The van der Waals surface area contributed by atoms with Gasteiger partial charge in [-0.15, -0.1) is 0 Å². The third kappa shape index (κ3) is 2.65. The molecular formula is C16H21NO2. The number of allylic oxidation sites excluding steroid dienone is 2. The van der Waals surface area contributed by atoms with Gasteiger partial charge < -0.3 is 10.4 Å². The van der Waals surface area contributed by atoms with E-state index in [0.717, 1.165) is 0 Å². The fourth-order valence-electron chi connectivity index (χ4n) is 2.64. The van der Waals surface area contributed by atoms with Crippen LogP contribution < -0.4 is 5.32 Å². The summed E-state index contributed by atoms with van der Waals surface area (Å²) in [5, 5.41) is 12.5. The van der Waals surface area contributed by atoms with E-state index in [2.05, 4.69) is 25.2 Å². The van der Waals surface area contributed by atoms with Crippen molar-refractivity contribution < 1.29 is 9.90 Å². The highest BCUT2D eigenvalue weighted by atomic mass is 16.3. The molecule has 2 N–H and O–H groups in total. The number of rotatable bonds is 3. The zero-order valence-electron chi connectivity index (χ0n) is 11.9. The van der Waals surface area contributed by atoms with Gasteiger partial charge in [-0.1, -0.05) is 37.6 Å². The molecule has 3 nitrogen and oxygen atoms in total. The Bertz CT molecular complexity index is 527. The van der Waals surface area contributed by atoms with Crippen molar-refractivity contribution in [2.45, 2.75) is 27.7 Å². The fraction of sp³-hybridized carbons (Fsp3) is 0.438. The van der Waals surface area contributed by atoms with Crippen molar-refractivity contribution in [2.24, 2.45) is 17.3 Å². The summed E-state index contributed by atoms with van der Waals surface area (Å²) in [6.45, 7) is 8.30. The molecule has 2 rings (SSSR count). The van der Waals surface area contributed by atoms with Crippen LogP contribution >= 0.6 is 0 Å². The summed E-state index contributed by atoms with van der Waals surface area (Å²) in [6.07, 6.45) is 2.16. The lowest BCUT2D eigenvalue weighted by Gasteiger charge is -2.07. The lowest BCUT2D eigenvalue weighted by atomic mass is 10.1. The summed E-state index contributed by atoms with van der Waals surface area (Å²) in [5.74, 6) is 0.340. The lowest BCUT2D eigenvalue weighted by molar-refractivity contribution is -0.118. The topological polar surface area (TPSA) is 49.3 Å². The maximum Gasteiger partial charge on any atom is 0.228 e. The number of anilines is 1. The predicted octanol–water partition coefficient (Wildman–Crippen LogP) is 3.57. The summed E-state index contributed by atoms with van der Waals surface area (Å²) in [7, 11) is 0. The highest BCUT2D eigenvalue weighted by molar-refractivity contribution is 5.96. The monoisotopic (exact) mass is 259 g/mol. The number of benzene rings is 1. The second-order valence-corrected chi connectivity index (χ2v) is 6.08. The van der Waals surface area contributed by atoms with Crippen LogP contribution in [0.15, 0.2) is 35.9 Å². The van der Waals surface area contributed by atoms with Crippen LogP contribution in [0.1, 0.15) is 27.7 Å². The smallest absolute Gasteiger partial charge is 0.228 e. The number of amides is 1. The number of carbonyl (C=O) groups is 1. The number of phenols is 1. The molecule has 1 amide bonds. The highest BCUT2D eigenvalue weighted by Crippen LogP contribution is 2.59. The Hall–Kier alpha value is -1.77. The van der Waals surface area contributed by atoms with Crippen LogP contribution in [-0.2, 0) is 4.79 Å². The van der Waals surface area contributed by atoms with Crippen LogP contribution in [0.2, 0.25) is 0 Å². The molecule has 1 aromatic carbocycles. The third-order valence-electron chi connectivity index (χ3n) is 3.87. The molecule has 0 saturated heterocycles. The first-order valence-electron chi connectivity index (χ1n) is 6.58. The Morgan fingerprint density at radius 3 is 2.53 bits per heavy atom. The Morgan fingerprint density at radius 2 is 1.95 bits per heavy atom. The van der Waals surface area contributed by atoms with E-state index in [1.165, 1.54) is 5.57 Å². The normalized spacial score (nSPS) is 23.6. The predicted molar refractivity (Wildman–Crippen MR) is 76.9 cm³/mol. The van der Waals surface area contributed by atoms with Crippen molar-refractivity contribution in [3.05, 3.63) is 35.9 Å². The Balaban J connectivity index is 2.10. The number of para-hydroxylation sites is 2. The van der Waals surface area contributed by atoms with Crippen molar-refractivity contribution in [3.8, 4) is 5.75 Å². The number of nitrogens with one attached hydrogen (secondary N) is 1. The lowest BCUT2D eigenvalue weighted by Crippen LogP contribution is -2.16. The minimum atomic E-state index is -0.0259. The van der Waals surface area contributed by atoms with Gasteiger partial charge >= 0.3 is 0 Å². The van der Waals surface area contributed by atoms with Crippen molar-refractivity contribution in [3.63, 3.8) is 0 Å². The Labute approximate surface area is 114 Å². The number of aromatic hydroxyl groups is 1. The van der Waals surface area contributed by atoms with E-state index >= 15 is 0 Å². The summed E-state index contributed by atoms with van der Waals surface area (Å²) in [4.78, 5) is 12.3. The van der Waals surface area contributed by atoms with E-state index in [0.29, 0.717) is 5.69 Å². The zero-order valence-corrected chi connectivity index (χ0v) is 11.9. The van der Waals surface area contributed by atoms with Crippen LogP contribution in [0.25, 0.3) is 0 Å². The minimum absolute atomic E-state index is 0.00818. The van der Waals surface area contributed by atoms with Gasteiger partial charge in [-0.3, -0.25) is 4.79 Å². The van der Waals surface area contributed by atoms with Gasteiger partial charge in [0.25, 0.3) is 0 Å². The van der Waals surface area contributed by atoms with Gasteiger partial charge in [-0.05, 0) is 37.3 Å². The molecule has 1 aromatic rings. The minimum Gasteiger partial charge on any atom is -0.506 e. The summed E-state index contributed by atoms with van der Waals surface area (Å²) < 4.78 is 0. The fourth-order valence-corrected chi connectivity index (χ4v) is 2.64. The first kappa shape index (κ1) is 13.7. The molecule has 0 aromatic heterocycles. The molecule has 0 bridgehead atoms. The van der Waals surface area contributed by atoms with Crippen molar-refractivity contribution in [2.75, 3.05) is 5.32 Å². The average molecular weight is 259 g/mol. The molecular weight excluding hydrogens is 238 g/mol. The number of hydrogen-bond acceptors (Lipinski definition) is 2. The van der Waals surface area contributed by atoms with Crippen molar-refractivity contribution in [1.82, 2.24) is 0 Å². The van der Waals surface area contributed by atoms with Crippen LogP contribution in [0.4, 0.5) is 5.69 Å². The molecule has 0 aliphatic heterocycles. The number of carbonyl (C=O) groups excluding carboxylic acids is 1. The van der Waals surface area contributed by atoms with Gasteiger partial charge in [-0.25, -0.2) is 0 Å². The van der Waals surface area contributed by atoms with Crippen LogP contribution in [0.3, 0.4) is 0 Å². The van der Waals surface area contributed by atoms with Crippen molar-refractivity contribution >= 4 is 11.6 Å². The Morgan fingerprint density at radius 1 is 1.32 bits per heavy atom. The SMILES string of the molecule is CC(C)=C[C@@H]1[C@@H](C(=O)Nc2ccccc2O)C1(C)C. The molecule has 102 valence electrons. The largest absolute Gasteiger partial charge is 0.506 e. The van der Waals surface area contributed by atoms with Gasteiger partial charge in [0, 0.05) is 0 Å². The van der Waals surface area contributed by atoms with Crippen LogP contribution in [0.5, 0.6) is 5.75 Å². The van der Waals surface area contributed by atoms with Crippen LogP contribution in [-0.4, -0.2) is 11.0 Å². The maximum absolute atomic E-state index is 12.3. The van der Waals surface area contributed by atoms with E-state index in [4.69, 9.17) is 0 Å². The molecule has 1 fully saturated rings. The number of hydrogen-bond donors (Lipinski definition) is 2. The zero-order chi connectivity index (χ0) is 14.2. The number of phenolic OH excluding ortho intramolecular Hbond substituents is 1. The maximum atomic E-state index is 12.3. The second kappa shape index (κ2) is 4.72. The Kier molecular flexibility index (Phi) is 3.40. The molecule has 2 atom stereocenters. The summed E-state index contributed by atoms with van der Waals surface area (Å²) in [6, 6.07) is 6.80. The molecule has 0 radical (unpaired) electrons. The molecule has 0 heterocycles. The standard InChI is InChI=1S/C16H21NO2/c1-10(2)9-11-14(16(11,3)4)15(19)17-12-7-5-6-8-13(12)18/h5-9,11,14,18H,1-4H3,(H,17,19)/t11-,14+/m1/s1. The first-order chi connectivity index (χ1) is 8.84. The molecule has 19 heavy (non-hydrogen) atoms. The van der Waals surface area contributed by atoms with Crippen molar-refractivity contribution in [1.29, 1.82) is 0 Å². The van der Waals surface area contributed by atoms with Gasteiger partial charge in [0.05, 0.1) is 11.6 Å². The molecule has 1 saturated carbocycles. The van der Waals surface area contributed by atoms with Gasteiger partial charge in [0.2, 0.25) is 5.91 Å². The molecule has 0 unspecified atom stereocenters. The van der Waals surface area contributed by atoms with Gasteiger partial charge in [0.15, 0.2) is 0 Å². The van der Waals surface area contributed by atoms with E-state index in [1.54, 1.807) is 24.3 Å².